The Morgan fingerprint density at radius 2 is 2.28 bits per heavy atom. The molecule has 0 saturated heterocycles. The van der Waals surface area contributed by atoms with Crippen molar-refractivity contribution in [3.8, 4) is 5.75 Å². The summed E-state index contributed by atoms with van der Waals surface area (Å²) in [5, 5.41) is 7.68. The molecule has 2 aromatic rings. The zero-order valence-electron chi connectivity index (χ0n) is 10.6. The van der Waals surface area contributed by atoms with E-state index in [1.165, 1.54) is 5.56 Å². The van der Waals surface area contributed by atoms with E-state index in [0.717, 1.165) is 31.0 Å². The van der Waals surface area contributed by atoms with Crippen LogP contribution in [0.3, 0.4) is 0 Å². The highest BCUT2D eigenvalue weighted by Crippen LogP contribution is 2.12. The molecule has 0 atom stereocenters. The fraction of sp³-hybridized carbons (Fsp3) is 0.357. The molecule has 2 rings (SSSR count). The highest BCUT2D eigenvalue weighted by Gasteiger charge is 1.98. The number of pyridine rings is 1. The lowest BCUT2D eigenvalue weighted by Gasteiger charge is -2.08. The van der Waals surface area contributed by atoms with Crippen molar-refractivity contribution in [2.75, 3.05) is 19.7 Å². The summed E-state index contributed by atoms with van der Waals surface area (Å²) in [6.45, 7) is 4.49. The van der Waals surface area contributed by atoms with Crippen LogP contribution in [0, 0.1) is 6.92 Å². The number of hydrogen-bond donors (Lipinski definition) is 1. The largest absolute Gasteiger partial charge is 0.490 e. The zero-order chi connectivity index (χ0) is 12.6. The van der Waals surface area contributed by atoms with Crippen LogP contribution in [-0.4, -0.2) is 24.7 Å². The van der Waals surface area contributed by atoms with Crippen LogP contribution in [0.2, 0.25) is 0 Å². The van der Waals surface area contributed by atoms with Gasteiger partial charge in [-0.1, -0.05) is 0 Å². The average molecular weight is 262 g/mol. The van der Waals surface area contributed by atoms with E-state index in [0.29, 0.717) is 6.61 Å². The van der Waals surface area contributed by atoms with E-state index in [4.69, 9.17) is 4.74 Å². The highest BCUT2D eigenvalue weighted by molar-refractivity contribution is 7.07. The number of rotatable bonds is 7. The van der Waals surface area contributed by atoms with Crippen LogP contribution in [0.4, 0.5) is 0 Å². The van der Waals surface area contributed by atoms with Crippen molar-refractivity contribution < 1.29 is 4.74 Å². The molecular formula is C14H18N2OS. The summed E-state index contributed by atoms with van der Waals surface area (Å²) < 4.78 is 5.65. The van der Waals surface area contributed by atoms with Gasteiger partial charge in [0.15, 0.2) is 0 Å². The Kier molecular flexibility index (Phi) is 5.17. The molecule has 0 saturated carbocycles. The zero-order valence-corrected chi connectivity index (χ0v) is 11.4. The lowest BCUT2D eigenvalue weighted by molar-refractivity contribution is 0.311. The first-order valence-corrected chi connectivity index (χ1v) is 7.07. The van der Waals surface area contributed by atoms with Crippen LogP contribution in [0.1, 0.15) is 11.3 Å². The molecule has 18 heavy (non-hydrogen) atoms. The van der Waals surface area contributed by atoms with Crippen molar-refractivity contribution in [3.63, 3.8) is 0 Å². The second-order valence-corrected chi connectivity index (χ2v) is 4.85. The van der Waals surface area contributed by atoms with Crippen molar-refractivity contribution in [2.45, 2.75) is 13.3 Å². The standard InChI is InChI=1S/C14H18N2OS/c1-12-14(3-2-6-16-12)17-9-8-15-7-4-13-5-10-18-11-13/h2-3,5-6,10-11,15H,4,7-9H2,1H3. The molecule has 0 bridgehead atoms. The van der Waals surface area contributed by atoms with Gasteiger partial charge in [0, 0.05) is 12.7 Å². The number of nitrogens with one attached hydrogen (secondary N) is 1. The summed E-state index contributed by atoms with van der Waals surface area (Å²) in [5.74, 6) is 0.872. The Bertz CT molecular complexity index is 457. The van der Waals surface area contributed by atoms with Crippen LogP contribution < -0.4 is 10.1 Å². The topological polar surface area (TPSA) is 34.1 Å². The van der Waals surface area contributed by atoms with Crippen LogP contribution in [0.15, 0.2) is 35.2 Å². The highest BCUT2D eigenvalue weighted by atomic mass is 32.1. The summed E-state index contributed by atoms with van der Waals surface area (Å²) >= 11 is 1.75. The summed E-state index contributed by atoms with van der Waals surface area (Å²) in [6.07, 6.45) is 2.86. The molecule has 0 radical (unpaired) electrons. The molecule has 0 aliphatic heterocycles. The van der Waals surface area contributed by atoms with Gasteiger partial charge >= 0.3 is 0 Å². The summed E-state index contributed by atoms with van der Waals surface area (Å²) in [7, 11) is 0. The number of ether oxygens (including phenoxy) is 1. The number of hydrogen-bond acceptors (Lipinski definition) is 4. The predicted octanol–water partition coefficient (Wildman–Crippen LogP) is 2.66. The quantitative estimate of drug-likeness (QED) is 0.779. The fourth-order valence-corrected chi connectivity index (χ4v) is 2.35. The van der Waals surface area contributed by atoms with Crippen LogP contribution in [0.5, 0.6) is 5.75 Å². The van der Waals surface area contributed by atoms with E-state index in [-0.39, 0.29) is 0 Å². The smallest absolute Gasteiger partial charge is 0.140 e. The van der Waals surface area contributed by atoms with E-state index in [1.54, 1.807) is 17.5 Å². The maximum absolute atomic E-state index is 5.65. The minimum Gasteiger partial charge on any atom is -0.490 e. The molecule has 2 heterocycles. The first kappa shape index (κ1) is 13.1. The van der Waals surface area contributed by atoms with E-state index in [9.17, 15) is 0 Å². The molecule has 0 fully saturated rings. The third-order valence-corrected chi connectivity index (χ3v) is 3.40. The summed E-state index contributed by atoms with van der Waals surface area (Å²) in [6, 6.07) is 6.02. The average Bonchev–Trinajstić information content (AvgIpc) is 2.89. The summed E-state index contributed by atoms with van der Waals surface area (Å²) in [4.78, 5) is 4.18. The fourth-order valence-electron chi connectivity index (χ4n) is 1.65. The number of thiophene rings is 1. The van der Waals surface area contributed by atoms with Crippen molar-refractivity contribution in [2.24, 2.45) is 0 Å². The van der Waals surface area contributed by atoms with E-state index < -0.39 is 0 Å². The number of aryl methyl sites for hydroxylation is 1. The van der Waals surface area contributed by atoms with Crippen LogP contribution in [-0.2, 0) is 6.42 Å². The van der Waals surface area contributed by atoms with Crippen molar-refractivity contribution in [1.29, 1.82) is 0 Å². The molecule has 0 unspecified atom stereocenters. The monoisotopic (exact) mass is 262 g/mol. The Balaban J connectivity index is 1.58. The molecule has 0 aliphatic carbocycles. The molecule has 2 aromatic heterocycles. The van der Waals surface area contributed by atoms with E-state index >= 15 is 0 Å². The van der Waals surface area contributed by atoms with Gasteiger partial charge in [0.1, 0.15) is 12.4 Å². The second kappa shape index (κ2) is 7.13. The Morgan fingerprint density at radius 1 is 1.33 bits per heavy atom. The number of aromatic nitrogens is 1. The summed E-state index contributed by atoms with van der Waals surface area (Å²) in [5.41, 5.74) is 2.34. The van der Waals surface area contributed by atoms with Gasteiger partial charge < -0.3 is 10.1 Å². The maximum atomic E-state index is 5.65. The molecule has 96 valence electrons. The van der Waals surface area contributed by atoms with Crippen LogP contribution in [0.25, 0.3) is 0 Å². The first-order chi connectivity index (χ1) is 8.86. The first-order valence-electron chi connectivity index (χ1n) is 6.12. The minimum absolute atomic E-state index is 0.677. The van der Waals surface area contributed by atoms with E-state index in [1.807, 2.05) is 19.1 Å². The third-order valence-electron chi connectivity index (χ3n) is 2.67. The Hall–Kier alpha value is -1.39. The number of nitrogens with zero attached hydrogens (tertiary/aromatic N) is 1. The van der Waals surface area contributed by atoms with Gasteiger partial charge in [-0.15, -0.1) is 0 Å². The molecule has 0 spiro atoms. The Labute approximate surface area is 112 Å². The molecule has 3 nitrogen and oxygen atoms in total. The molecule has 1 N–H and O–H groups in total. The third kappa shape index (κ3) is 4.13. The van der Waals surface area contributed by atoms with E-state index in [2.05, 4.69) is 27.1 Å². The van der Waals surface area contributed by atoms with Crippen LogP contribution >= 0.6 is 11.3 Å². The van der Waals surface area contributed by atoms with Gasteiger partial charge in [-0.05, 0) is 54.4 Å². The van der Waals surface area contributed by atoms with Gasteiger partial charge in [-0.2, -0.15) is 11.3 Å². The van der Waals surface area contributed by atoms with Crippen molar-refractivity contribution in [1.82, 2.24) is 10.3 Å². The lowest BCUT2D eigenvalue weighted by atomic mass is 10.2. The SMILES string of the molecule is Cc1ncccc1OCCNCCc1ccsc1. The van der Waals surface area contributed by atoms with Crippen molar-refractivity contribution >= 4 is 11.3 Å². The van der Waals surface area contributed by atoms with Gasteiger partial charge in [-0.3, -0.25) is 4.98 Å². The van der Waals surface area contributed by atoms with Gasteiger partial charge in [-0.25, -0.2) is 0 Å². The molecule has 4 heteroatoms. The molecule has 0 aromatic carbocycles. The van der Waals surface area contributed by atoms with Gasteiger partial charge in [0.2, 0.25) is 0 Å². The van der Waals surface area contributed by atoms with Gasteiger partial charge in [0.05, 0.1) is 5.69 Å². The Morgan fingerprint density at radius 3 is 3.06 bits per heavy atom. The second-order valence-electron chi connectivity index (χ2n) is 4.07. The maximum Gasteiger partial charge on any atom is 0.140 e. The minimum atomic E-state index is 0.677. The van der Waals surface area contributed by atoms with Gasteiger partial charge in [0.25, 0.3) is 0 Å². The normalized spacial score (nSPS) is 10.5. The van der Waals surface area contributed by atoms with Crippen molar-refractivity contribution in [3.05, 3.63) is 46.4 Å². The predicted molar refractivity (Wildman–Crippen MR) is 75.4 cm³/mol. The molecule has 0 amide bonds. The molecular weight excluding hydrogens is 244 g/mol. The lowest BCUT2D eigenvalue weighted by Crippen LogP contribution is -2.23. The molecule has 0 aliphatic rings.